The van der Waals surface area contributed by atoms with Crippen LogP contribution in [0.15, 0.2) is 12.3 Å². The van der Waals surface area contributed by atoms with Gasteiger partial charge in [-0.25, -0.2) is 0 Å². The van der Waals surface area contributed by atoms with Crippen molar-refractivity contribution in [3.63, 3.8) is 0 Å². The first-order chi connectivity index (χ1) is 6.86. The molecule has 2 rings (SSSR count). The summed E-state index contributed by atoms with van der Waals surface area (Å²) < 4.78 is 0. The van der Waals surface area contributed by atoms with E-state index in [-0.39, 0.29) is 6.61 Å². The van der Waals surface area contributed by atoms with Crippen molar-refractivity contribution in [2.24, 2.45) is 0 Å². The van der Waals surface area contributed by atoms with E-state index in [4.69, 9.17) is 5.11 Å². The maximum Gasteiger partial charge on any atom is 0.211 e. The molecule has 1 aromatic heterocycles. The number of hydrogen-bond donors (Lipinski definition) is 2. The molecule has 1 heterocycles. The maximum atomic E-state index is 10.4. The number of aliphatic hydroxyl groups is 1. The van der Waals surface area contributed by atoms with Crippen LogP contribution in [0, 0.1) is 0 Å². The van der Waals surface area contributed by atoms with E-state index in [1.54, 1.807) is 12.3 Å². The highest BCUT2D eigenvalue weighted by Crippen LogP contribution is 2.42. The summed E-state index contributed by atoms with van der Waals surface area (Å²) in [5, 5.41) is 11.7. The van der Waals surface area contributed by atoms with Crippen molar-refractivity contribution in [2.45, 2.75) is 25.4 Å². The van der Waals surface area contributed by atoms with Crippen LogP contribution in [0.25, 0.3) is 0 Å². The first kappa shape index (κ1) is 9.15. The lowest BCUT2D eigenvalue weighted by Crippen LogP contribution is -2.04. The molecule has 1 aliphatic carbocycles. The Balaban J connectivity index is 2.40. The number of aliphatic hydroxyl groups excluding tert-OH is 1. The number of carbonyl (C=O) groups is 1. The zero-order valence-corrected chi connectivity index (χ0v) is 7.73. The van der Waals surface area contributed by atoms with Gasteiger partial charge in [0.1, 0.15) is 0 Å². The predicted molar refractivity (Wildman–Crippen MR) is 51.8 cm³/mol. The minimum absolute atomic E-state index is 0.0710. The molecule has 1 fully saturated rings. The van der Waals surface area contributed by atoms with Crippen LogP contribution >= 0.6 is 0 Å². The number of pyridine rings is 1. The number of aromatic nitrogens is 1. The third kappa shape index (κ3) is 1.61. The molecule has 0 saturated heterocycles. The molecule has 0 unspecified atom stereocenters. The summed E-state index contributed by atoms with van der Waals surface area (Å²) in [4.78, 5) is 14.7. The van der Waals surface area contributed by atoms with E-state index < -0.39 is 0 Å². The number of hydrogen-bond acceptors (Lipinski definition) is 3. The number of amides is 1. The van der Waals surface area contributed by atoms with E-state index in [9.17, 15) is 4.79 Å². The average Bonchev–Trinajstić information content (AvgIpc) is 3.02. The van der Waals surface area contributed by atoms with Gasteiger partial charge in [-0.15, -0.1) is 0 Å². The highest BCUT2D eigenvalue weighted by molar-refractivity contribution is 5.75. The molecule has 74 valence electrons. The molecule has 1 saturated carbocycles. The van der Waals surface area contributed by atoms with Gasteiger partial charge in [0.25, 0.3) is 0 Å². The predicted octanol–water partition coefficient (Wildman–Crippen LogP) is 1.02. The topological polar surface area (TPSA) is 62.2 Å². The second-order valence-electron chi connectivity index (χ2n) is 3.42. The average molecular weight is 192 g/mol. The van der Waals surface area contributed by atoms with Gasteiger partial charge in [-0.05, 0) is 18.9 Å². The molecule has 14 heavy (non-hydrogen) atoms. The Labute approximate surface area is 82.0 Å². The first-order valence-electron chi connectivity index (χ1n) is 4.65. The zero-order chi connectivity index (χ0) is 9.97. The van der Waals surface area contributed by atoms with E-state index in [0.717, 1.165) is 24.1 Å². The van der Waals surface area contributed by atoms with E-state index in [0.29, 0.717) is 18.0 Å². The van der Waals surface area contributed by atoms with Gasteiger partial charge in [-0.2, -0.15) is 0 Å². The fourth-order valence-corrected chi connectivity index (χ4v) is 1.54. The lowest BCUT2D eigenvalue weighted by atomic mass is 10.1. The van der Waals surface area contributed by atoms with E-state index in [2.05, 4.69) is 10.3 Å². The highest BCUT2D eigenvalue weighted by atomic mass is 16.3. The van der Waals surface area contributed by atoms with Crippen molar-refractivity contribution in [2.75, 3.05) is 5.32 Å². The van der Waals surface area contributed by atoms with Crippen LogP contribution in [0.4, 0.5) is 5.69 Å². The molecule has 0 atom stereocenters. The maximum absolute atomic E-state index is 10.4. The van der Waals surface area contributed by atoms with Crippen molar-refractivity contribution in [1.82, 2.24) is 4.98 Å². The summed E-state index contributed by atoms with van der Waals surface area (Å²) in [6.45, 7) is -0.0710. The molecular weight excluding hydrogens is 180 g/mol. The normalized spacial score (nSPS) is 15.2. The van der Waals surface area contributed by atoms with Crippen molar-refractivity contribution < 1.29 is 9.90 Å². The molecule has 1 aliphatic rings. The first-order valence-corrected chi connectivity index (χ1v) is 4.65. The molecule has 0 aliphatic heterocycles. The molecule has 4 heteroatoms. The highest BCUT2D eigenvalue weighted by Gasteiger charge is 2.28. The Morgan fingerprint density at radius 2 is 2.43 bits per heavy atom. The monoisotopic (exact) mass is 192 g/mol. The van der Waals surface area contributed by atoms with Gasteiger partial charge in [0.2, 0.25) is 6.41 Å². The number of carbonyl (C=O) groups excluding carboxylic acids is 1. The Hall–Kier alpha value is -1.42. The largest absolute Gasteiger partial charge is 0.392 e. The smallest absolute Gasteiger partial charge is 0.211 e. The quantitative estimate of drug-likeness (QED) is 0.700. The molecule has 0 radical (unpaired) electrons. The Morgan fingerprint density at radius 1 is 1.64 bits per heavy atom. The van der Waals surface area contributed by atoms with Gasteiger partial charge in [-0.1, -0.05) is 0 Å². The third-order valence-electron chi connectivity index (χ3n) is 2.40. The van der Waals surface area contributed by atoms with Gasteiger partial charge in [0.05, 0.1) is 18.0 Å². The van der Waals surface area contributed by atoms with E-state index in [1.807, 2.05) is 0 Å². The molecule has 0 spiro atoms. The minimum atomic E-state index is -0.0710. The van der Waals surface area contributed by atoms with Crippen molar-refractivity contribution >= 4 is 12.1 Å². The van der Waals surface area contributed by atoms with Gasteiger partial charge in [0.15, 0.2) is 0 Å². The van der Waals surface area contributed by atoms with Gasteiger partial charge < -0.3 is 10.4 Å². The third-order valence-corrected chi connectivity index (χ3v) is 2.40. The number of nitrogens with zero attached hydrogens (tertiary/aromatic N) is 1. The standard InChI is InChI=1S/C10H12N2O2/c13-5-8-3-4-11-9(7-1-2-7)10(8)12-6-14/h3-4,6-7,13H,1-2,5H2,(H,12,14). The van der Waals surface area contributed by atoms with Crippen molar-refractivity contribution in [3.05, 3.63) is 23.5 Å². The molecular formula is C10H12N2O2. The lowest BCUT2D eigenvalue weighted by molar-refractivity contribution is -0.105. The summed E-state index contributed by atoms with van der Waals surface area (Å²) in [6, 6.07) is 1.72. The van der Waals surface area contributed by atoms with Crippen LogP contribution in [-0.2, 0) is 11.4 Å². The summed E-state index contributed by atoms with van der Waals surface area (Å²) in [5.74, 6) is 0.462. The number of nitrogens with one attached hydrogen (secondary N) is 1. The fraction of sp³-hybridized carbons (Fsp3) is 0.400. The molecule has 0 aromatic carbocycles. The Morgan fingerprint density at radius 3 is 3.00 bits per heavy atom. The zero-order valence-electron chi connectivity index (χ0n) is 7.73. The molecule has 0 bridgehead atoms. The van der Waals surface area contributed by atoms with Gasteiger partial charge >= 0.3 is 0 Å². The molecule has 1 aromatic rings. The number of rotatable bonds is 4. The SMILES string of the molecule is O=CNc1c(CO)ccnc1C1CC1. The van der Waals surface area contributed by atoms with Crippen LogP contribution in [0.3, 0.4) is 0 Å². The summed E-state index contributed by atoms with van der Waals surface area (Å²) in [7, 11) is 0. The van der Waals surface area contributed by atoms with Crippen LogP contribution in [0.5, 0.6) is 0 Å². The van der Waals surface area contributed by atoms with Gasteiger partial charge in [0, 0.05) is 17.7 Å². The Bertz CT molecular complexity index is 348. The van der Waals surface area contributed by atoms with E-state index >= 15 is 0 Å². The van der Waals surface area contributed by atoms with Crippen LogP contribution in [0.1, 0.15) is 30.0 Å². The molecule has 2 N–H and O–H groups in total. The second kappa shape index (κ2) is 3.75. The van der Waals surface area contributed by atoms with Crippen LogP contribution in [-0.4, -0.2) is 16.5 Å². The van der Waals surface area contributed by atoms with Crippen molar-refractivity contribution in [3.8, 4) is 0 Å². The Kier molecular flexibility index (Phi) is 2.45. The number of anilines is 1. The van der Waals surface area contributed by atoms with E-state index in [1.165, 1.54) is 0 Å². The minimum Gasteiger partial charge on any atom is -0.392 e. The summed E-state index contributed by atoms with van der Waals surface area (Å²) in [5.41, 5.74) is 2.32. The second-order valence-corrected chi connectivity index (χ2v) is 3.42. The summed E-state index contributed by atoms with van der Waals surface area (Å²) >= 11 is 0. The summed E-state index contributed by atoms with van der Waals surface area (Å²) in [6.07, 6.45) is 4.54. The fourth-order valence-electron chi connectivity index (χ4n) is 1.54. The lowest BCUT2D eigenvalue weighted by Gasteiger charge is -2.10. The van der Waals surface area contributed by atoms with Crippen molar-refractivity contribution in [1.29, 1.82) is 0 Å². The van der Waals surface area contributed by atoms with Gasteiger partial charge in [-0.3, -0.25) is 9.78 Å². The molecule has 4 nitrogen and oxygen atoms in total. The molecule has 1 amide bonds. The van der Waals surface area contributed by atoms with Crippen LogP contribution < -0.4 is 5.32 Å². The van der Waals surface area contributed by atoms with Crippen LogP contribution in [0.2, 0.25) is 0 Å².